The Balaban J connectivity index is 1.66. The first-order valence-corrected chi connectivity index (χ1v) is 12.2. The van der Waals surface area contributed by atoms with Gasteiger partial charge in [0.25, 0.3) is 0 Å². The summed E-state index contributed by atoms with van der Waals surface area (Å²) in [6, 6.07) is 0. The smallest absolute Gasteiger partial charge is 0.331 e. The molecular weight excluding hydrogens is 444 g/mol. The summed E-state index contributed by atoms with van der Waals surface area (Å²) in [7, 11) is 0. The van der Waals surface area contributed by atoms with Crippen molar-refractivity contribution in [2.45, 2.75) is 83.1 Å². The van der Waals surface area contributed by atoms with Crippen LogP contribution >= 0.6 is 0 Å². The number of rotatable bonds is 7. The van der Waals surface area contributed by atoms with Gasteiger partial charge in [0.1, 0.15) is 24.9 Å². The summed E-state index contributed by atoms with van der Waals surface area (Å²) in [6.07, 6.45) is 0.290. The van der Waals surface area contributed by atoms with E-state index in [-0.39, 0.29) is 37.1 Å². The summed E-state index contributed by atoms with van der Waals surface area (Å²) < 4.78 is 16.9. The van der Waals surface area contributed by atoms with Gasteiger partial charge in [0.05, 0.1) is 19.3 Å². The number of cyclic esters (lactones) is 1. The molecule has 2 aliphatic heterocycles. The molecule has 0 aromatic carbocycles. The molecule has 0 aromatic heterocycles. The summed E-state index contributed by atoms with van der Waals surface area (Å²) in [5.41, 5.74) is 2.11. The van der Waals surface area contributed by atoms with E-state index in [2.05, 4.69) is 13.8 Å². The number of aliphatic hydroxyl groups is 5. The maximum Gasteiger partial charge on any atom is 0.331 e. The van der Waals surface area contributed by atoms with Crippen molar-refractivity contribution >= 4 is 5.97 Å². The first kappa shape index (κ1) is 25.8. The molecule has 2 aliphatic carbocycles. The highest BCUT2D eigenvalue weighted by molar-refractivity contribution is 5.85. The fourth-order valence-electron chi connectivity index (χ4n) is 6.87. The molecule has 4 aliphatic rings. The molecule has 4 rings (SSSR count). The summed E-state index contributed by atoms with van der Waals surface area (Å²) in [4.78, 5) is 11.5. The second kappa shape index (κ2) is 9.97. The van der Waals surface area contributed by atoms with Crippen LogP contribution in [0.15, 0.2) is 22.8 Å². The van der Waals surface area contributed by atoms with Crippen molar-refractivity contribution in [2.75, 3.05) is 26.4 Å². The van der Waals surface area contributed by atoms with Crippen LogP contribution in [0.3, 0.4) is 0 Å². The molecule has 192 valence electrons. The van der Waals surface area contributed by atoms with Gasteiger partial charge < -0.3 is 39.7 Å². The van der Waals surface area contributed by atoms with Gasteiger partial charge in [-0.3, -0.25) is 0 Å². The van der Waals surface area contributed by atoms with Crippen LogP contribution in [0.2, 0.25) is 0 Å². The molecule has 0 radical (unpaired) electrons. The molecule has 0 amide bonds. The van der Waals surface area contributed by atoms with E-state index < -0.39 is 36.1 Å². The molecule has 0 spiro atoms. The molecule has 0 aromatic rings. The van der Waals surface area contributed by atoms with Gasteiger partial charge in [0.2, 0.25) is 0 Å². The number of ether oxygens (including phenoxy) is 3. The highest BCUT2D eigenvalue weighted by Crippen LogP contribution is 2.61. The highest BCUT2D eigenvalue weighted by Gasteiger charge is 2.57. The zero-order valence-electron chi connectivity index (χ0n) is 20.0. The Hall–Kier alpha value is -1.33. The lowest BCUT2D eigenvalue weighted by atomic mass is 9.48. The molecule has 1 saturated carbocycles. The van der Waals surface area contributed by atoms with Crippen LogP contribution in [-0.4, -0.2) is 88.6 Å². The minimum absolute atomic E-state index is 0.0300. The Labute approximate surface area is 200 Å². The lowest BCUT2D eigenvalue weighted by Crippen LogP contribution is -2.59. The van der Waals surface area contributed by atoms with Gasteiger partial charge in [-0.15, -0.1) is 0 Å². The molecule has 0 bridgehead atoms. The van der Waals surface area contributed by atoms with Crippen LogP contribution in [0.5, 0.6) is 0 Å². The Morgan fingerprint density at radius 2 is 1.88 bits per heavy atom. The second-order valence-electron chi connectivity index (χ2n) is 10.8. The van der Waals surface area contributed by atoms with Crippen molar-refractivity contribution in [3.8, 4) is 0 Å². The fourth-order valence-corrected chi connectivity index (χ4v) is 6.87. The van der Waals surface area contributed by atoms with Gasteiger partial charge >= 0.3 is 5.97 Å². The zero-order chi connectivity index (χ0) is 24.7. The van der Waals surface area contributed by atoms with E-state index in [4.69, 9.17) is 14.2 Å². The monoisotopic (exact) mass is 482 g/mol. The van der Waals surface area contributed by atoms with E-state index >= 15 is 0 Å². The number of fused-ring (bicyclic) bond motifs is 1. The predicted molar refractivity (Wildman–Crippen MR) is 120 cm³/mol. The third-order valence-corrected chi connectivity index (χ3v) is 8.55. The summed E-state index contributed by atoms with van der Waals surface area (Å²) >= 11 is 0. The molecule has 2 fully saturated rings. The first-order valence-electron chi connectivity index (χ1n) is 12.2. The van der Waals surface area contributed by atoms with Crippen molar-refractivity contribution in [1.82, 2.24) is 0 Å². The molecule has 8 atom stereocenters. The van der Waals surface area contributed by atoms with Gasteiger partial charge in [0, 0.05) is 18.6 Å². The normalized spacial score (nSPS) is 42.9. The van der Waals surface area contributed by atoms with Gasteiger partial charge in [-0.2, -0.15) is 0 Å². The number of hydrogen-bond donors (Lipinski definition) is 5. The van der Waals surface area contributed by atoms with Crippen molar-refractivity contribution in [2.24, 2.45) is 16.7 Å². The number of allylic oxidation sites excluding steroid dienone is 1. The average molecular weight is 483 g/mol. The summed E-state index contributed by atoms with van der Waals surface area (Å²) in [5.74, 6) is -0.448. The maximum absolute atomic E-state index is 11.5. The number of esters is 1. The van der Waals surface area contributed by atoms with Crippen LogP contribution < -0.4 is 0 Å². The largest absolute Gasteiger partial charge is 0.458 e. The maximum atomic E-state index is 11.5. The second-order valence-corrected chi connectivity index (χ2v) is 10.8. The Morgan fingerprint density at radius 1 is 1.12 bits per heavy atom. The molecule has 9 nitrogen and oxygen atoms in total. The van der Waals surface area contributed by atoms with Gasteiger partial charge in [-0.25, -0.2) is 4.79 Å². The number of hydrogen-bond acceptors (Lipinski definition) is 9. The SMILES string of the molecule is C[C@@]1(CO)CCC[C@]2(C)C(CCC3=CC(=O)OC3)=C(CO)C[C@H](O[C@@H]3OC[C@H](O)[C@H](O)[C@H]3O)[C@@H]12. The van der Waals surface area contributed by atoms with Gasteiger partial charge in [-0.05, 0) is 54.1 Å². The molecule has 0 unspecified atom stereocenters. The van der Waals surface area contributed by atoms with Crippen molar-refractivity contribution in [3.05, 3.63) is 22.8 Å². The van der Waals surface area contributed by atoms with Crippen LogP contribution in [-0.2, 0) is 19.0 Å². The van der Waals surface area contributed by atoms with Crippen molar-refractivity contribution in [3.63, 3.8) is 0 Å². The third-order valence-electron chi connectivity index (χ3n) is 8.55. The lowest BCUT2D eigenvalue weighted by Gasteiger charge is -2.59. The minimum Gasteiger partial charge on any atom is -0.458 e. The topological polar surface area (TPSA) is 146 Å². The van der Waals surface area contributed by atoms with E-state index in [1.807, 2.05) is 0 Å². The number of aliphatic hydroxyl groups excluding tert-OH is 5. The van der Waals surface area contributed by atoms with Crippen LogP contribution in [0.4, 0.5) is 0 Å². The third kappa shape index (κ3) is 4.59. The zero-order valence-corrected chi connectivity index (χ0v) is 20.0. The van der Waals surface area contributed by atoms with E-state index in [1.54, 1.807) is 0 Å². The standard InChI is InChI=1S/C25H38O9/c1-24(13-27)6-3-7-25(2)16(5-4-14-8-19(29)32-11-14)15(10-26)9-18(22(24)25)34-23-21(31)20(30)17(28)12-33-23/h8,17-18,20-23,26-28,30-31H,3-7,9-13H2,1-2H3/t17-,18-,20-,21+,22-,23-,24-,25+/m0/s1. The Kier molecular flexibility index (Phi) is 7.55. The first-order chi connectivity index (χ1) is 16.1. The number of carbonyl (C=O) groups excluding carboxylic acids is 1. The summed E-state index contributed by atoms with van der Waals surface area (Å²) in [5, 5.41) is 51.2. The minimum atomic E-state index is -1.41. The molecule has 34 heavy (non-hydrogen) atoms. The van der Waals surface area contributed by atoms with Crippen molar-refractivity contribution in [1.29, 1.82) is 0 Å². The van der Waals surface area contributed by atoms with Gasteiger partial charge in [-0.1, -0.05) is 25.8 Å². The molecular formula is C25H38O9. The van der Waals surface area contributed by atoms with Crippen LogP contribution in [0, 0.1) is 16.7 Å². The number of carbonyl (C=O) groups is 1. The molecule has 2 heterocycles. The molecule has 9 heteroatoms. The van der Waals surface area contributed by atoms with E-state index in [0.717, 1.165) is 36.0 Å². The van der Waals surface area contributed by atoms with E-state index in [9.17, 15) is 30.3 Å². The van der Waals surface area contributed by atoms with Crippen molar-refractivity contribution < 1.29 is 44.5 Å². The quantitative estimate of drug-likeness (QED) is 0.260. The predicted octanol–water partition coefficient (Wildman–Crippen LogP) is 0.572. The Morgan fingerprint density at radius 3 is 2.53 bits per heavy atom. The summed E-state index contributed by atoms with van der Waals surface area (Å²) in [6.45, 7) is 4.18. The van der Waals surface area contributed by atoms with Gasteiger partial charge in [0.15, 0.2) is 6.29 Å². The average Bonchev–Trinajstić information content (AvgIpc) is 3.23. The van der Waals surface area contributed by atoms with E-state index in [1.165, 1.54) is 6.08 Å². The highest BCUT2D eigenvalue weighted by atomic mass is 16.7. The lowest BCUT2D eigenvalue weighted by molar-refractivity contribution is -0.297. The van der Waals surface area contributed by atoms with E-state index in [0.29, 0.717) is 25.9 Å². The fraction of sp³-hybridized carbons (Fsp3) is 0.800. The molecule has 5 N–H and O–H groups in total. The van der Waals surface area contributed by atoms with Crippen LogP contribution in [0.1, 0.15) is 52.4 Å². The molecule has 1 saturated heterocycles. The van der Waals surface area contributed by atoms with Crippen LogP contribution in [0.25, 0.3) is 0 Å². The Bertz CT molecular complexity index is 838.